The molecule has 1 aromatic rings. The van der Waals surface area contributed by atoms with Gasteiger partial charge in [-0.25, -0.2) is 0 Å². The molecule has 0 aliphatic carbocycles. The van der Waals surface area contributed by atoms with Gasteiger partial charge in [0.2, 0.25) is 0 Å². The SMILES string of the molecule is Cc1ccc(C(=O)NC(CN(C)C)C(C)C)c(O)c1. The van der Waals surface area contributed by atoms with Crippen LogP contribution in [-0.4, -0.2) is 42.6 Å². The van der Waals surface area contributed by atoms with Gasteiger partial charge in [0.15, 0.2) is 0 Å². The highest BCUT2D eigenvalue weighted by Crippen LogP contribution is 2.18. The molecule has 1 rings (SSSR count). The number of rotatable bonds is 5. The number of phenols is 1. The molecule has 2 N–H and O–H groups in total. The Balaban J connectivity index is 2.81. The average molecular weight is 264 g/mol. The van der Waals surface area contributed by atoms with Gasteiger partial charge in [0.1, 0.15) is 5.75 Å². The normalized spacial score (nSPS) is 12.8. The van der Waals surface area contributed by atoms with Crippen LogP contribution >= 0.6 is 0 Å². The fourth-order valence-electron chi connectivity index (χ4n) is 1.90. The Morgan fingerprint density at radius 3 is 2.47 bits per heavy atom. The van der Waals surface area contributed by atoms with Crippen molar-refractivity contribution in [2.24, 2.45) is 5.92 Å². The Kier molecular flexibility index (Phi) is 5.36. The van der Waals surface area contributed by atoms with Crippen molar-refractivity contribution in [2.75, 3.05) is 20.6 Å². The van der Waals surface area contributed by atoms with Gasteiger partial charge in [-0.15, -0.1) is 0 Å². The lowest BCUT2D eigenvalue weighted by Crippen LogP contribution is -2.45. The largest absolute Gasteiger partial charge is 0.507 e. The standard InChI is InChI=1S/C15H24N2O2/c1-10(2)13(9-17(4)5)16-15(19)12-7-6-11(3)8-14(12)18/h6-8,10,13,18H,9H2,1-5H3,(H,16,19). The molecule has 0 aromatic heterocycles. The number of amides is 1. The van der Waals surface area contributed by atoms with Crippen LogP contribution in [0.3, 0.4) is 0 Å². The van der Waals surface area contributed by atoms with Crippen molar-refractivity contribution in [3.05, 3.63) is 29.3 Å². The highest BCUT2D eigenvalue weighted by atomic mass is 16.3. The van der Waals surface area contributed by atoms with Crippen LogP contribution in [0.1, 0.15) is 29.8 Å². The van der Waals surface area contributed by atoms with E-state index in [9.17, 15) is 9.90 Å². The number of likely N-dealkylation sites (N-methyl/N-ethyl adjacent to an activating group) is 1. The fourth-order valence-corrected chi connectivity index (χ4v) is 1.90. The van der Waals surface area contributed by atoms with E-state index in [1.165, 1.54) is 0 Å². The summed E-state index contributed by atoms with van der Waals surface area (Å²) in [6.07, 6.45) is 0. The van der Waals surface area contributed by atoms with Crippen LogP contribution in [0.5, 0.6) is 5.75 Å². The molecule has 0 saturated heterocycles. The van der Waals surface area contributed by atoms with E-state index in [-0.39, 0.29) is 17.7 Å². The molecule has 0 bridgehead atoms. The van der Waals surface area contributed by atoms with Crippen molar-refractivity contribution < 1.29 is 9.90 Å². The predicted molar refractivity (Wildman–Crippen MR) is 77.5 cm³/mol. The summed E-state index contributed by atoms with van der Waals surface area (Å²) < 4.78 is 0. The highest BCUT2D eigenvalue weighted by Gasteiger charge is 2.19. The van der Waals surface area contributed by atoms with E-state index in [0.29, 0.717) is 11.5 Å². The van der Waals surface area contributed by atoms with Crippen LogP contribution < -0.4 is 5.32 Å². The molecule has 1 amide bonds. The van der Waals surface area contributed by atoms with Gasteiger partial charge in [0.25, 0.3) is 5.91 Å². The summed E-state index contributed by atoms with van der Waals surface area (Å²) in [5.41, 5.74) is 1.26. The van der Waals surface area contributed by atoms with Crippen LogP contribution in [0.15, 0.2) is 18.2 Å². The zero-order valence-electron chi connectivity index (χ0n) is 12.4. The summed E-state index contributed by atoms with van der Waals surface area (Å²) in [5.74, 6) is 0.141. The van der Waals surface area contributed by atoms with Crippen LogP contribution in [0, 0.1) is 12.8 Å². The van der Waals surface area contributed by atoms with E-state index in [4.69, 9.17) is 0 Å². The maximum absolute atomic E-state index is 12.2. The summed E-state index contributed by atoms with van der Waals surface area (Å²) in [7, 11) is 3.95. The molecule has 19 heavy (non-hydrogen) atoms. The number of benzene rings is 1. The van der Waals surface area contributed by atoms with Gasteiger partial charge in [-0.2, -0.15) is 0 Å². The van der Waals surface area contributed by atoms with E-state index in [1.54, 1.807) is 12.1 Å². The van der Waals surface area contributed by atoms with Crippen LogP contribution in [0.4, 0.5) is 0 Å². The van der Waals surface area contributed by atoms with Gasteiger partial charge in [-0.05, 0) is 44.6 Å². The Hall–Kier alpha value is -1.55. The van der Waals surface area contributed by atoms with Gasteiger partial charge in [0.05, 0.1) is 5.56 Å². The molecule has 106 valence electrons. The molecular weight excluding hydrogens is 240 g/mol. The topological polar surface area (TPSA) is 52.6 Å². The fraction of sp³-hybridized carbons (Fsp3) is 0.533. The number of hydrogen-bond acceptors (Lipinski definition) is 3. The molecule has 0 spiro atoms. The minimum absolute atomic E-state index is 0.0323. The van der Waals surface area contributed by atoms with E-state index in [1.807, 2.05) is 32.0 Å². The lowest BCUT2D eigenvalue weighted by atomic mass is 10.0. The molecule has 0 aliphatic heterocycles. The predicted octanol–water partition coefficient (Wildman–Crippen LogP) is 2.02. The van der Waals surface area contributed by atoms with Crippen molar-refractivity contribution >= 4 is 5.91 Å². The van der Waals surface area contributed by atoms with E-state index in [0.717, 1.165) is 12.1 Å². The first-order valence-electron chi connectivity index (χ1n) is 6.56. The molecule has 0 heterocycles. The summed E-state index contributed by atoms with van der Waals surface area (Å²) in [6.45, 7) is 6.80. The molecule has 0 saturated carbocycles. The number of nitrogens with zero attached hydrogens (tertiary/aromatic N) is 1. The molecular formula is C15H24N2O2. The number of carbonyl (C=O) groups is 1. The second kappa shape index (κ2) is 6.57. The van der Waals surface area contributed by atoms with E-state index in [2.05, 4.69) is 19.2 Å². The lowest BCUT2D eigenvalue weighted by Gasteiger charge is -2.25. The highest BCUT2D eigenvalue weighted by molar-refractivity contribution is 5.97. The third-order valence-corrected chi connectivity index (χ3v) is 3.08. The number of nitrogens with one attached hydrogen (secondary N) is 1. The first kappa shape index (κ1) is 15.5. The van der Waals surface area contributed by atoms with Gasteiger partial charge >= 0.3 is 0 Å². The minimum Gasteiger partial charge on any atom is -0.507 e. The molecule has 0 aliphatic rings. The zero-order valence-corrected chi connectivity index (χ0v) is 12.4. The Morgan fingerprint density at radius 2 is 2.00 bits per heavy atom. The maximum Gasteiger partial charge on any atom is 0.255 e. The van der Waals surface area contributed by atoms with Gasteiger partial charge < -0.3 is 15.3 Å². The molecule has 1 atom stereocenters. The zero-order chi connectivity index (χ0) is 14.6. The molecule has 1 aromatic carbocycles. The lowest BCUT2D eigenvalue weighted by molar-refractivity contribution is 0.0914. The number of hydrogen-bond donors (Lipinski definition) is 2. The van der Waals surface area contributed by atoms with Gasteiger partial charge in [-0.3, -0.25) is 4.79 Å². The van der Waals surface area contributed by atoms with Crippen LogP contribution in [0.25, 0.3) is 0 Å². The summed E-state index contributed by atoms with van der Waals surface area (Å²) in [5, 5.41) is 12.8. The smallest absolute Gasteiger partial charge is 0.255 e. The Morgan fingerprint density at radius 1 is 1.37 bits per heavy atom. The van der Waals surface area contributed by atoms with Crippen molar-refractivity contribution in [3.8, 4) is 5.75 Å². The van der Waals surface area contributed by atoms with E-state index >= 15 is 0 Å². The Labute approximate surface area is 115 Å². The number of carbonyl (C=O) groups excluding carboxylic acids is 1. The molecule has 1 unspecified atom stereocenters. The van der Waals surface area contributed by atoms with Crippen molar-refractivity contribution in [1.29, 1.82) is 0 Å². The van der Waals surface area contributed by atoms with Crippen molar-refractivity contribution in [1.82, 2.24) is 10.2 Å². The third kappa shape index (κ3) is 4.56. The first-order chi connectivity index (χ1) is 8.81. The maximum atomic E-state index is 12.2. The first-order valence-corrected chi connectivity index (χ1v) is 6.56. The molecule has 0 radical (unpaired) electrons. The summed E-state index contributed by atoms with van der Waals surface area (Å²) in [4.78, 5) is 14.2. The Bertz CT molecular complexity index is 442. The number of phenolic OH excluding ortho intramolecular Hbond substituents is 1. The second-order valence-corrected chi connectivity index (χ2v) is 5.61. The van der Waals surface area contributed by atoms with Gasteiger partial charge in [-0.1, -0.05) is 19.9 Å². The van der Waals surface area contributed by atoms with Crippen LogP contribution in [0.2, 0.25) is 0 Å². The molecule has 0 fully saturated rings. The summed E-state index contributed by atoms with van der Waals surface area (Å²) >= 11 is 0. The van der Waals surface area contributed by atoms with Crippen LogP contribution in [-0.2, 0) is 0 Å². The van der Waals surface area contributed by atoms with Crippen molar-refractivity contribution in [2.45, 2.75) is 26.8 Å². The monoisotopic (exact) mass is 264 g/mol. The summed E-state index contributed by atoms with van der Waals surface area (Å²) in [6, 6.07) is 5.15. The third-order valence-electron chi connectivity index (χ3n) is 3.08. The van der Waals surface area contributed by atoms with E-state index < -0.39 is 0 Å². The second-order valence-electron chi connectivity index (χ2n) is 5.61. The minimum atomic E-state index is -0.224. The van der Waals surface area contributed by atoms with Crippen molar-refractivity contribution in [3.63, 3.8) is 0 Å². The molecule has 4 heteroatoms. The number of aromatic hydroxyl groups is 1. The quantitative estimate of drug-likeness (QED) is 0.855. The molecule has 4 nitrogen and oxygen atoms in total. The number of aryl methyl sites for hydroxylation is 1. The average Bonchev–Trinajstić information content (AvgIpc) is 2.26. The van der Waals surface area contributed by atoms with Gasteiger partial charge in [0, 0.05) is 12.6 Å².